The maximum Gasteiger partial charge on any atom is 0.261 e. The fraction of sp³-hybridized carbons (Fsp3) is 0.167. The first-order chi connectivity index (χ1) is 12.6. The summed E-state index contributed by atoms with van der Waals surface area (Å²) in [5, 5.41) is 7.64. The first-order valence-electron chi connectivity index (χ1n) is 7.80. The van der Waals surface area contributed by atoms with E-state index >= 15 is 0 Å². The molecule has 0 radical (unpaired) electrons. The van der Waals surface area contributed by atoms with Crippen molar-refractivity contribution in [1.29, 1.82) is 0 Å². The normalized spacial score (nSPS) is 10.4. The molecule has 0 spiro atoms. The van der Waals surface area contributed by atoms with Crippen molar-refractivity contribution in [1.82, 2.24) is 10.3 Å². The van der Waals surface area contributed by atoms with Crippen LogP contribution in [-0.2, 0) is 4.79 Å². The lowest BCUT2D eigenvalue weighted by atomic mass is 10.1. The molecule has 2 amide bonds. The second-order valence-electron chi connectivity index (χ2n) is 5.36. The summed E-state index contributed by atoms with van der Waals surface area (Å²) in [5.74, 6) is 0.200. The maximum atomic E-state index is 12.1. The Balaban J connectivity index is 1.61. The van der Waals surface area contributed by atoms with Crippen LogP contribution in [0.5, 0.6) is 5.75 Å². The van der Waals surface area contributed by atoms with Gasteiger partial charge in [-0.25, -0.2) is 4.98 Å². The number of nitrogens with zero attached hydrogens (tertiary/aromatic N) is 1. The minimum Gasteiger partial charge on any atom is -0.497 e. The molecule has 3 aromatic rings. The Labute approximate surface area is 158 Å². The fourth-order valence-electron chi connectivity index (χ4n) is 2.29. The Kier molecular flexibility index (Phi) is 5.65. The molecular weight excluding hydrogens is 370 g/mol. The van der Waals surface area contributed by atoms with Crippen LogP contribution in [-0.4, -0.2) is 30.5 Å². The largest absolute Gasteiger partial charge is 0.497 e. The van der Waals surface area contributed by atoms with Gasteiger partial charge in [0.05, 0.1) is 24.2 Å². The van der Waals surface area contributed by atoms with Gasteiger partial charge in [0.1, 0.15) is 5.75 Å². The topological polar surface area (TPSA) is 80.3 Å². The molecule has 2 heterocycles. The molecule has 0 unspecified atom stereocenters. The zero-order valence-electron chi connectivity index (χ0n) is 14.2. The molecule has 0 aliphatic heterocycles. The van der Waals surface area contributed by atoms with Gasteiger partial charge >= 0.3 is 0 Å². The van der Waals surface area contributed by atoms with Crippen LogP contribution in [0.4, 0.5) is 5.13 Å². The van der Waals surface area contributed by atoms with E-state index < -0.39 is 0 Å². The Bertz CT molecular complexity index is 902. The molecule has 2 N–H and O–H groups in total. The number of hydrogen-bond acceptors (Lipinski definition) is 6. The summed E-state index contributed by atoms with van der Waals surface area (Å²) in [5.41, 5.74) is 1.77. The van der Waals surface area contributed by atoms with Crippen LogP contribution in [0.1, 0.15) is 14.5 Å². The molecule has 0 bridgehead atoms. The lowest BCUT2D eigenvalue weighted by Gasteiger charge is -2.03. The first kappa shape index (κ1) is 18.1. The summed E-state index contributed by atoms with van der Waals surface area (Å²) in [4.78, 5) is 30.0. The number of methoxy groups -OCH3 is 1. The van der Waals surface area contributed by atoms with Crippen LogP contribution in [0.3, 0.4) is 0 Å². The number of nitrogens with one attached hydrogen (secondary N) is 2. The van der Waals surface area contributed by atoms with Crippen molar-refractivity contribution in [3.63, 3.8) is 0 Å². The lowest BCUT2D eigenvalue weighted by Crippen LogP contribution is -2.32. The number of hydrogen-bond donors (Lipinski definition) is 2. The van der Waals surface area contributed by atoms with Gasteiger partial charge in [0.15, 0.2) is 5.13 Å². The molecule has 6 nitrogen and oxygen atoms in total. The van der Waals surface area contributed by atoms with E-state index in [1.165, 1.54) is 22.7 Å². The number of rotatable bonds is 6. The van der Waals surface area contributed by atoms with E-state index in [9.17, 15) is 9.59 Å². The van der Waals surface area contributed by atoms with Gasteiger partial charge in [-0.2, -0.15) is 0 Å². The summed E-state index contributed by atoms with van der Waals surface area (Å²) in [6.45, 7) is 1.85. The molecule has 2 aromatic heterocycles. The van der Waals surface area contributed by atoms with E-state index in [1.807, 2.05) is 36.6 Å². The van der Waals surface area contributed by atoms with Crippen molar-refractivity contribution in [3.8, 4) is 17.0 Å². The van der Waals surface area contributed by atoms with Crippen LogP contribution in [0, 0.1) is 6.92 Å². The highest BCUT2D eigenvalue weighted by Gasteiger charge is 2.13. The number of thiazole rings is 1. The molecule has 3 rings (SSSR count). The van der Waals surface area contributed by atoms with E-state index in [4.69, 9.17) is 4.74 Å². The smallest absolute Gasteiger partial charge is 0.261 e. The first-order valence-corrected chi connectivity index (χ1v) is 9.50. The standard InChI is InChI=1S/C18H17N3O3S2/c1-11-16(12-5-7-13(24-2)8-6-12)21-18(26-11)20-15(22)10-19-17(23)14-4-3-9-25-14/h3-9H,10H2,1-2H3,(H,19,23)(H,20,21,22). The molecule has 0 aliphatic carbocycles. The van der Waals surface area contributed by atoms with Crippen LogP contribution >= 0.6 is 22.7 Å². The summed E-state index contributed by atoms with van der Waals surface area (Å²) in [6, 6.07) is 11.1. The number of anilines is 1. The van der Waals surface area contributed by atoms with Gasteiger partial charge in [0, 0.05) is 10.4 Å². The maximum absolute atomic E-state index is 12.1. The summed E-state index contributed by atoms with van der Waals surface area (Å²) in [6.07, 6.45) is 0. The third-order valence-electron chi connectivity index (χ3n) is 3.56. The lowest BCUT2D eigenvalue weighted by molar-refractivity contribution is -0.115. The van der Waals surface area contributed by atoms with E-state index in [1.54, 1.807) is 19.2 Å². The molecule has 26 heavy (non-hydrogen) atoms. The Morgan fingerprint density at radius 1 is 1.19 bits per heavy atom. The number of thiophene rings is 1. The van der Waals surface area contributed by atoms with Crippen LogP contribution in [0.25, 0.3) is 11.3 Å². The average molecular weight is 387 g/mol. The monoisotopic (exact) mass is 387 g/mol. The zero-order chi connectivity index (χ0) is 18.5. The molecule has 0 saturated heterocycles. The average Bonchev–Trinajstić information content (AvgIpc) is 3.30. The van der Waals surface area contributed by atoms with Crippen LogP contribution in [0.15, 0.2) is 41.8 Å². The third kappa shape index (κ3) is 4.27. The Morgan fingerprint density at radius 3 is 2.62 bits per heavy atom. The van der Waals surface area contributed by atoms with Crippen LogP contribution in [0.2, 0.25) is 0 Å². The number of amides is 2. The molecule has 1 aromatic carbocycles. The minimum atomic E-state index is -0.315. The van der Waals surface area contributed by atoms with Crippen molar-refractivity contribution in [3.05, 3.63) is 51.5 Å². The Hall–Kier alpha value is -2.71. The minimum absolute atomic E-state index is 0.104. The van der Waals surface area contributed by atoms with E-state index in [-0.39, 0.29) is 18.4 Å². The molecule has 0 saturated carbocycles. The van der Waals surface area contributed by atoms with Gasteiger partial charge < -0.3 is 15.4 Å². The summed E-state index contributed by atoms with van der Waals surface area (Å²) in [7, 11) is 1.62. The Morgan fingerprint density at radius 2 is 1.96 bits per heavy atom. The van der Waals surface area contributed by atoms with Crippen molar-refractivity contribution in [2.45, 2.75) is 6.92 Å². The van der Waals surface area contributed by atoms with E-state index in [2.05, 4.69) is 15.6 Å². The predicted octanol–water partition coefficient (Wildman–Crippen LogP) is 3.56. The molecule has 0 aliphatic rings. The van der Waals surface area contributed by atoms with E-state index in [0.717, 1.165) is 21.9 Å². The number of aryl methyl sites for hydroxylation is 1. The second kappa shape index (κ2) is 8.11. The van der Waals surface area contributed by atoms with Gasteiger partial charge in [-0.05, 0) is 42.6 Å². The van der Waals surface area contributed by atoms with Crippen molar-refractivity contribution < 1.29 is 14.3 Å². The predicted molar refractivity (Wildman–Crippen MR) is 104 cm³/mol. The molecule has 0 atom stereocenters. The van der Waals surface area contributed by atoms with E-state index in [0.29, 0.717) is 10.0 Å². The van der Waals surface area contributed by atoms with Gasteiger partial charge in [0.2, 0.25) is 5.91 Å². The highest BCUT2D eigenvalue weighted by atomic mass is 32.1. The third-order valence-corrected chi connectivity index (χ3v) is 5.32. The van der Waals surface area contributed by atoms with Crippen LogP contribution < -0.4 is 15.4 Å². The highest BCUT2D eigenvalue weighted by molar-refractivity contribution is 7.16. The number of carbonyl (C=O) groups excluding carboxylic acids is 2. The SMILES string of the molecule is COc1ccc(-c2nc(NC(=O)CNC(=O)c3cccs3)sc2C)cc1. The quantitative estimate of drug-likeness (QED) is 0.678. The zero-order valence-corrected chi connectivity index (χ0v) is 15.9. The van der Waals surface area contributed by atoms with Gasteiger partial charge in [-0.3, -0.25) is 9.59 Å². The highest BCUT2D eigenvalue weighted by Crippen LogP contribution is 2.31. The number of ether oxygens (including phenoxy) is 1. The summed E-state index contributed by atoms with van der Waals surface area (Å²) < 4.78 is 5.16. The van der Waals surface area contributed by atoms with Crippen molar-refractivity contribution >= 4 is 39.6 Å². The van der Waals surface area contributed by atoms with Crippen molar-refractivity contribution in [2.24, 2.45) is 0 Å². The molecule has 0 fully saturated rings. The fourth-order valence-corrected chi connectivity index (χ4v) is 3.78. The molecule has 8 heteroatoms. The number of carbonyl (C=O) groups is 2. The number of benzene rings is 1. The second-order valence-corrected chi connectivity index (χ2v) is 7.51. The molecule has 134 valence electrons. The van der Waals surface area contributed by atoms with Crippen molar-refractivity contribution in [2.75, 3.05) is 19.0 Å². The van der Waals surface area contributed by atoms with Gasteiger partial charge in [-0.1, -0.05) is 6.07 Å². The number of aromatic nitrogens is 1. The summed E-state index contributed by atoms with van der Waals surface area (Å²) >= 11 is 2.72. The van der Waals surface area contributed by atoms with Gasteiger partial charge in [0.25, 0.3) is 5.91 Å². The molecular formula is C18H17N3O3S2. The van der Waals surface area contributed by atoms with Gasteiger partial charge in [-0.15, -0.1) is 22.7 Å².